The molecule has 0 unspecified atom stereocenters. The van der Waals surface area contributed by atoms with E-state index in [1.807, 2.05) is 18.2 Å². The van der Waals surface area contributed by atoms with Crippen LogP contribution in [0.4, 0.5) is 0 Å². The Hall–Kier alpha value is -2.33. The van der Waals surface area contributed by atoms with Gasteiger partial charge in [-0.25, -0.2) is 9.59 Å². The van der Waals surface area contributed by atoms with Crippen molar-refractivity contribution in [1.82, 2.24) is 0 Å². The Kier molecular flexibility index (Phi) is 10.3. The van der Waals surface area contributed by atoms with Gasteiger partial charge in [-0.05, 0) is 36.2 Å². The Morgan fingerprint density at radius 1 is 0.793 bits per heavy atom. The minimum atomic E-state index is -0.529. The molecule has 0 spiro atoms. The molecule has 0 saturated carbocycles. The van der Waals surface area contributed by atoms with Crippen LogP contribution in [0.3, 0.4) is 0 Å². The van der Waals surface area contributed by atoms with Gasteiger partial charge >= 0.3 is 11.9 Å². The van der Waals surface area contributed by atoms with Crippen molar-refractivity contribution >= 4 is 23.5 Å². The molecule has 4 nitrogen and oxygen atoms in total. The Balaban J connectivity index is 1.81. The van der Waals surface area contributed by atoms with E-state index in [0.29, 0.717) is 18.1 Å². The van der Waals surface area contributed by atoms with Crippen molar-refractivity contribution < 1.29 is 19.1 Å². The SMILES string of the molecule is CCCCCCCCOC(=O)c1ccccc1C(=O)OCCc1cccc(Cl)c1. The molecule has 0 aliphatic rings. The Morgan fingerprint density at radius 3 is 2.07 bits per heavy atom. The van der Waals surface area contributed by atoms with E-state index in [1.165, 1.54) is 19.3 Å². The van der Waals surface area contributed by atoms with Crippen LogP contribution < -0.4 is 0 Å². The zero-order chi connectivity index (χ0) is 20.9. The summed E-state index contributed by atoms with van der Waals surface area (Å²) in [6.45, 7) is 2.75. The third-order valence-corrected chi connectivity index (χ3v) is 4.85. The van der Waals surface area contributed by atoms with Crippen molar-refractivity contribution in [3.8, 4) is 0 Å². The normalized spacial score (nSPS) is 10.6. The van der Waals surface area contributed by atoms with Crippen LogP contribution in [0.25, 0.3) is 0 Å². The standard InChI is InChI=1S/C24H29ClO4/c1-2-3-4-5-6-9-16-28-23(26)21-13-7-8-14-22(21)24(27)29-17-15-19-11-10-12-20(25)18-19/h7-8,10-14,18H,2-6,9,15-17H2,1H3. The number of carbonyl (C=O) groups is 2. The fraction of sp³-hybridized carbons (Fsp3) is 0.417. The summed E-state index contributed by atoms with van der Waals surface area (Å²) >= 11 is 5.96. The number of benzene rings is 2. The summed E-state index contributed by atoms with van der Waals surface area (Å²) in [5.74, 6) is -1.01. The molecule has 0 heterocycles. The van der Waals surface area contributed by atoms with E-state index in [9.17, 15) is 9.59 Å². The molecular weight excluding hydrogens is 388 g/mol. The number of hydrogen-bond donors (Lipinski definition) is 0. The van der Waals surface area contributed by atoms with E-state index < -0.39 is 11.9 Å². The molecule has 0 radical (unpaired) electrons. The quantitative estimate of drug-likeness (QED) is 0.303. The summed E-state index contributed by atoms with van der Waals surface area (Å²) in [5.41, 5.74) is 1.45. The molecule has 0 saturated heterocycles. The molecule has 0 fully saturated rings. The predicted octanol–water partition coefficient (Wildman–Crippen LogP) is 6.26. The molecule has 0 N–H and O–H groups in total. The van der Waals surface area contributed by atoms with Crippen molar-refractivity contribution in [1.29, 1.82) is 0 Å². The highest BCUT2D eigenvalue weighted by Gasteiger charge is 2.18. The van der Waals surface area contributed by atoms with Crippen LogP contribution >= 0.6 is 11.6 Å². The van der Waals surface area contributed by atoms with Crippen LogP contribution in [0.2, 0.25) is 5.02 Å². The molecule has 2 aromatic rings. The second-order valence-electron chi connectivity index (χ2n) is 6.97. The van der Waals surface area contributed by atoms with Gasteiger partial charge in [-0.2, -0.15) is 0 Å². The van der Waals surface area contributed by atoms with Gasteiger partial charge in [-0.1, -0.05) is 74.9 Å². The van der Waals surface area contributed by atoms with Crippen LogP contribution in [0.1, 0.15) is 71.7 Å². The van der Waals surface area contributed by atoms with Crippen LogP contribution in [-0.2, 0) is 15.9 Å². The van der Waals surface area contributed by atoms with Gasteiger partial charge in [0.25, 0.3) is 0 Å². The van der Waals surface area contributed by atoms with Crippen LogP contribution in [0, 0.1) is 0 Å². The summed E-state index contributed by atoms with van der Waals surface area (Å²) in [5, 5.41) is 0.646. The molecule has 0 aliphatic heterocycles. The molecular formula is C24H29ClO4. The van der Waals surface area contributed by atoms with Crippen molar-refractivity contribution in [3.63, 3.8) is 0 Å². The number of ether oxygens (including phenoxy) is 2. The number of hydrogen-bond acceptors (Lipinski definition) is 4. The Labute approximate surface area is 178 Å². The van der Waals surface area contributed by atoms with E-state index in [1.54, 1.807) is 30.3 Å². The maximum atomic E-state index is 12.4. The van der Waals surface area contributed by atoms with Gasteiger partial charge in [-0.15, -0.1) is 0 Å². The van der Waals surface area contributed by atoms with E-state index in [2.05, 4.69) is 6.92 Å². The van der Waals surface area contributed by atoms with E-state index in [-0.39, 0.29) is 17.7 Å². The second kappa shape index (κ2) is 13.0. The van der Waals surface area contributed by atoms with Gasteiger partial charge < -0.3 is 9.47 Å². The molecule has 5 heteroatoms. The minimum Gasteiger partial charge on any atom is -0.462 e. The number of halogens is 1. The first-order valence-corrected chi connectivity index (χ1v) is 10.7. The maximum Gasteiger partial charge on any atom is 0.339 e. The van der Waals surface area contributed by atoms with Gasteiger partial charge in [0.15, 0.2) is 0 Å². The maximum absolute atomic E-state index is 12.4. The van der Waals surface area contributed by atoms with Gasteiger partial charge in [0.2, 0.25) is 0 Å². The lowest BCUT2D eigenvalue weighted by Crippen LogP contribution is -2.15. The van der Waals surface area contributed by atoms with Gasteiger partial charge in [-0.3, -0.25) is 0 Å². The number of rotatable bonds is 12. The monoisotopic (exact) mass is 416 g/mol. The van der Waals surface area contributed by atoms with Gasteiger partial charge in [0.1, 0.15) is 0 Å². The molecule has 2 aromatic carbocycles. The van der Waals surface area contributed by atoms with E-state index in [0.717, 1.165) is 24.8 Å². The van der Waals surface area contributed by atoms with E-state index in [4.69, 9.17) is 21.1 Å². The Morgan fingerprint density at radius 2 is 1.41 bits per heavy atom. The van der Waals surface area contributed by atoms with Crippen molar-refractivity contribution in [2.75, 3.05) is 13.2 Å². The topological polar surface area (TPSA) is 52.6 Å². The minimum absolute atomic E-state index is 0.209. The third-order valence-electron chi connectivity index (χ3n) is 4.61. The summed E-state index contributed by atoms with van der Waals surface area (Å²) < 4.78 is 10.7. The number of esters is 2. The highest BCUT2D eigenvalue weighted by atomic mass is 35.5. The zero-order valence-electron chi connectivity index (χ0n) is 17.0. The molecule has 0 amide bonds. The average molecular weight is 417 g/mol. The predicted molar refractivity (Wildman–Crippen MR) is 116 cm³/mol. The first-order valence-electron chi connectivity index (χ1n) is 10.3. The summed E-state index contributed by atoms with van der Waals surface area (Å²) in [7, 11) is 0. The van der Waals surface area contributed by atoms with Crippen molar-refractivity contribution in [2.24, 2.45) is 0 Å². The largest absolute Gasteiger partial charge is 0.462 e. The van der Waals surface area contributed by atoms with Gasteiger partial charge in [0, 0.05) is 11.4 Å². The Bertz CT molecular complexity index is 788. The molecule has 0 aromatic heterocycles. The molecule has 0 aliphatic carbocycles. The highest BCUT2D eigenvalue weighted by molar-refractivity contribution is 6.30. The second-order valence-corrected chi connectivity index (χ2v) is 7.40. The first-order chi connectivity index (χ1) is 14.1. The van der Waals surface area contributed by atoms with Crippen molar-refractivity contribution in [2.45, 2.75) is 51.9 Å². The zero-order valence-corrected chi connectivity index (χ0v) is 17.7. The first kappa shape index (κ1) is 23.0. The molecule has 0 bridgehead atoms. The van der Waals surface area contributed by atoms with E-state index >= 15 is 0 Å². The van der Waals surface area contributed by atoms with Crippen molar-refractivity contribution in [3.05, 3.63) is 70.2 Å². The van der Waals surface area contributed by atoms with Crippen LogP contribution in [0.5, 0.6) is 0 Å². The lowest BCUT2D eigenvalue weighted by Gasteiger charge is -2.10. The molecule has 0 atom stereocenters. The summed E-state index contributed by atoms with van der Waals surface area (Å²) in [6, 6.07) is 14.0. The average Bonchev–Trinajstić information content (AvgIpc) is 2.73. The molecule has 156 valence electrons. The fourth-order valence-electron chi connectivity index (χ4n) is 3.00. The highest BCUT2D eigenvalue weighted by Crippen LogP contribution is 2.14. The molecule has 29 heavy (non-hydrogen) atoms. The molecule has 2 rings (SSSR count). The van der Waals surface area contributed by atoms with Crippen LogP contribution in [-0.4, -0.2) is 25.2 Å². The van der Waals surface area contributed by atoms with Gasteiger partial charge in [0.05, 0.1) is 24.3 Å². The number of unbranched alkanes of at least 4 members (excludes halogenated alkanes) is 5. The number of carbonyl (C=O) groups excluding carboxylic acids is 2. The lowest BCUT2D eigenvalue weighted by atomic mass is 10.1. The van der Waals surface area contributed by atoms with Crippen LogP contribution in [0.15, 0.2) is 48.5 Å². The summed E-state index contributed by atoms with van der Waals surface area (Å²) in [4.78, 5) is 24.8. The summed E-state index contributed by atoms with van der Waals surface area (Å²) in [6.07, 6.45) is 7.25. The fourth-order valence-corrected chi connectivity index (χ4v) is 3.21. The smallest absolute Gasteiger partial charge is 0.339 e. The third kappa shape index (κ3) is 8.28. The lowest BCUT2D eigenvalue weighted by molar-refractivity contribution is 0.0456.